The molecule has 150 valence electrons. The van der Waals surface area contributed by atoms with Crippen LogP contribution in [0.5, 0.6) is 0 Å². The number of amides is 1. The van der Waals surface area contributed by atoms with Gasteiger partial charge in [0.1, 0.15) is 12.0 Å². The Morgan fingerprint density at radius 3 is 2.90 bits per heavy atom. The third-order valence-electron chi connectivity index (χ3n) is 5.21. The Kier molecular flexibility index (Phi) is 4.59. The number of nitrogens with one attached hydrogen (secondary N) is 1. The molecule has 8 nitrogen and oxygen atoms in total. The number of anilines is 1. The molecule has 1 aliphatic carbocycles. The van der Waals surface area contributed by atoms with Crippen molar-refractivity contribution in [3.8, 4) is 17.1 Å². The van der Waals surface area contributed by atoms with Crippen LogP contribution in [0.1, 0.15) is 41.9 Å². The van der Waals surface area contributed by atoms with Gasteiger partial charge in [-0.05, 0) is 44.0 Å². The van der Waals surface area contributed by atoms with Gasteiger partial charge >= 0.3 is 0 Å². The van der Waals surface area contributed by atoms with Crippen molar-refractivity contribution < 1.29 is 4.79 Å². The van der Waals surface area contributed by atoms with Gasteiger partial charge in [-0.25, -0.2) is 4.98 Å². The summed E-state index contributed by atoms with van der Waals surface area (Å²) in [4.78, 5) is 21.5. The molecule has 0 atom stereocenters. The number of hydrogen-bond donors (Lipinski definition) is 1. The minimum atomic E-state index is -0.270. The molecule has 0 unspecified atom stereocenters. The van der Waals surface area contributed by atoms with E-state index in [4.69, 9.17) is 0 Å². The molecule has 0 aliphatic heterocycles. The number of rotatable bonds is 6. The van der Waals surface area contributed by atoms with E-state index in [0.29, 0.717) is 17.3 Å². The quantitative estimate of drug-likeness (QED) is 0.534. The Morgan fingerprint density at radius 1 is 1.17 bits per heavy atom. The lowest BCUT2D eigenvalue weighted by Gasteiger charge is -2.09. The van der Waals surface area contributed by atoms with Crippen LogP contribution < -0.4 is 5.32 Å². The first kappa shape index (κ1) is 18.2. The van der Waals surface area contributed by atoms with E-state index >= 15 is 0 Å². The molecule has 4 aromatic rings. The van der Waals surface area contributed by atoms with Crippen LogP contribution in [0.4, 0.5) is 5.69 Å². The molecular formula is C22H21N7O. The third-order valence-corrected chi connectivity index (χ3v) is 5.21. The number of hydrogen-bond acceptors (Lipinski definition) is 5. The fourth-order valence-corrected chi connectivity index (χ4v) is 3.41. The number of nitrogens with zero attached hydrogens (tertiary/aromatic N) is 6. The average molecular weight is 399 g/mol. The molecule has 0 radical (unpaired) electrons. The standard InChI is InChI=1S/C22H21N7O/c1-2-28-14-25-27-21(28)16-4-3-5-17(10-16)26-22(30)19-11-18(8-9-23-19)29-12-20(24-13-29)15-6-7-15/h3-5,8-15H,2,6-7H2,1H3,(H,26,30). The zero-order valence-corrected chi connectivity index (χ0v) is 16.6. The Labute approximate surface area is 173 Å². The largest absolute Gasteiger partial charge is 0.321 e. The van der Waals surface area contributed by atoms with Gasteiger partial charge in [0.2, 0.25) is 0 Å². The second-order valence-corrected chi connectivity index (χ2v) is 7.35. The third kappa shape index (κ3) is 3.59. The molecule has 1 N–H and O–H groups in total. The van der Waals surface area contributed by atoms with Crippen molar-refractivity contribution in [3.05, 3.63) is 72.8 Å². The number of imidazole rings is 1. The second kappa shape index (κ2) is 7.55. The molecular weight excluding hydrogens is 378 g/mol. The maximum Gasteiger partial charge on any atom is 0.274 e. The molecule has 1 amide bonds. The Hall–Kier alpha value is -3.81. The van der Waals surface area contributed by atoms with Crippen molar-refractivity contribution >= 4 is 11.6 Å². The normalized spacial score (nSPS) is 13.4. The van der Waals surface area contributed by atoms with Gasteiger partial charge in [-0.3, -0.25) is 9.78 Å². The first-order valence-corrected chi connectivity index (χ1v) is 10.0. The summed E-state index contributed by atoms with van der Waals surface area (Å²) in [5.74, 6) is 1.08. The summed E-state index contributed by atoms with van der Waals surface area (Å²) in [6.45, 7) is 2.80. The van der Waals surface area contributed by atoms with Gasteiger partial charge in [0.05, 0.1) is 17.7 Å². The van der Waals surface area contributed by atoms with Gasteiger partial charge in [-0.1, -0.05) is 12.1 Å². The topological polar surface area (TPSA) is 90.5 Å². The summed E-state index contributed by atoms with van der Waals surface area (Å²) in [5.41, 5.74) is 3.87. The predicted octanol–water partition coefficient (Wildman–Crippen LogP) is 3.68. The van der Waals surface area contributed by atoms with Gasteiger partial charge in [-0.15, -0.1) is 10.2 Å². The smallest absolute Gasteiger partial charge is 0.274 e. The number of benzene rings is 1. The van der Waals surface area contributed by atoms with Crippen LogP contribution in [0.25, 0.3) is 17.1 Å². The van der Waals surface area contributed by atoms with Crippen molar-refractivity contribution in [2.24, 2.45) is 0 Å². The number of aryl methyl sites for hydroxylation is 1. The van der Waals surface area contributed by atoms with Crippen molar-refractivity contribution in [2.45, 2.75) is 32.2 Å². The fraction of sp³-hybridized carbons (Fsp3) is 0.227. The Morgan fingerprint density at radius 2 is 2.07 bits per heavy atom. The highest BCUT2D eigenvalue weighted by Gasteiger charge is 2.25. The molecule has 1 aromatic carbocycles. The maximum absolute atomic E-state index is 12.8. The molecule has 1 saturated carbocycles. The van der Waals surface area contributed by atoms with Crippen LogP contribution in [0.15, 0.2) is 61.4 Å². The summed E-state index contributed by atoms with van der Waals surface area (Å²) in [7, 11) is 0. The van der Waals surface area contributed by atoms with E-state index in [1.807, 2.05) is 52.6 Å². The molecule has 0 saturated heterocycles. The van der Waals surface area contributed by atoms with E-state index in [0.717, 1.165) is 29.3 Å². The summed E-state index contributed by atoms with van der Waals surface area (Å²) in [5, 5.41) is 11.1. The van der Waals surface area contributed by atoms with E-state index < -0.39 is 0 Å². The Bertz CT molecular complexity index is 1210. The predicted molar refractivity (Wildman–Crippen MR) is 112 cm³/mol. The van der Waals surface area contributed by atoms with Gasteiger partial charge in [0.15, 0.2) is 5.82 Å². The second-order valence-electron chi connectivity index (χ2n) is 7.35. The lowest BCUT2D eigenvalue weighted by Crippen LogP contribution is -2.14. The Balaban J connectivity index is 1.36. The molecule has 8 heteroatoms. The van der Waals surface area contributed by atoms with Crippen molar-refractivity contribution in [1.82, 2.24) is 29.3 Å². The van der Waals surface area contributed by atoms with Crippen molar-refractivity contribution in [2.75, 3.05) is 5.32 Å². The maximum atomic E-state index is 12.8. The van der Waals surface area contributed by atoms with E-state index in [2.05, 4.69) is 25.5 Å². The molecule has 0 spiro atoms. The van der Waals surface area contributed by atoms with Gasteiger partial charge in [0.25, 0.3) is 5.91 Å². The highest BCUT2D eigenvalue weighted by atomic mass is 16.1. The van der Waals surface area contributed by atoms with E-state index in [1.165, 1.54) is 12.8 Å². The number of carbonyl (C=O) groups excluding carboxylic acids is 1. The minimum absolute atomic E-state index is 0.270. The first-order chi connectivity index (χ1) is 14.7. The number of pyridine rings is 1. The zero-order chi connectivity index (χ0) is 20.5. The van der Waals surface area contributed by atoms with Crippen LogP contribution in [0.2, 0.25) is 0 Å². The number of aromatic nitrogens is 6. The molecule has 0 bridgehead atoms. The highest BCUT2D eigenvalue weighted by molar-refractivity contribution is 6.03. The first-order valence-electron chi connectivity index (χ1n) is 10.0. The molecule has 1 aliphatic rings. The van der Waals surface area contributed by atoms with E-state index in [1.54, 1.807) is 24.9 Å². The van der Waals surface area contributed by atoms with Gasteiger partial charge in [-0.2, -0.15) is 0 Å². The zero-order valence-electron chi connectivity index (χ0n) is 16.6. The lowest BCUT2D eigenvalue weighted by atomic mass is 10.2. The van der Waals surface area contributed by atoms with Crippen LogP contribution >= 0.6 is 0 Å². The average Bonchev–Trinajstić information content (AvgIpc) is 3.31. The molecule has 3 aromatic heterocycles. The summed E-state index contributed by atoms with van der Waals surface area (Å²) in [6.07, 6.45) is 9.56. The molecule has 5 rings (SSSR count). The minimum Gasteiger partial charge on any atom is -0.321 e. The van der Waals surface area contributed by atoms with Crippen LogP contribution in [0.3, 0.4) is 0 Å². The number of carbonyl (C=O) groups is 1. The summed E-state index contributed by atoms with van der Waals surface area (Å²) < 4.78 is 3.89. The SMILES string of the molecule is CCn1cnnc1-c1cccc(NC(=O)c2cc(-n3cnc(C4CC4)c3)ccn2)c1. The molecule has 30 heavy (non-hydrogen) atoms. The molecule has 3 heterocycles. The van der Waals surface area contributed by atoms with E-state index in [9.17, 15) is 4.79 Å². The summed E-state index contributed by atoms with van der Waals surface area (Å²) in [6, 6.07) is 11.2. The van der Waals surface area contributed by atoms with Gasteiger partial charge in [0, 0.05) is 36.1 Å². The summed E-state index contributed by atoms with van der Waals surface area (Å²) >= 11 is 0. The van der Waals surface area contributed by atoms with E-state index in [-0.39, 0.29) is 5.91 Å². The van der Waals surface area contributed by atoms with Gasteiger partial charge < -0.3 is 14.5 Å². The van der Waals surface area contributed by atoms with Crippen LogP contribution in [0, 0.1) is 0 Å². The van der Waals surface area contributed by atoms with Crippen LogP contribution in [-0.4, -0.2) is 35.2 Å². The van der Waals surface area contributed by atoms with Crippen molar-refractivity contribution in [3.63, 3.8) is 0 Å². The highest BCUT2D eigenvalue weighted by Crippen LogP contribution is 2.39. The molecule has 1 fully saturated rings. The van der Waals surface area contributed by atoms with Crippen molar-refractivity contribution in [1.29, 1.82) is 0 Å². The fourth-order valence-electron chi connectivity index (χ4n) is 3.41. The van der Waals surface area contributed by atoms with Crippen LogP contribution in [-0.2, 0) is 6.54 Å². The lowest BCUT2D eigenvalue weighted by molar-refractivity contribution is 0.102. The monoisotopic (exact) mass is 399 g/mol.